The molecule has 14 heavy (non-hydrogen) atoms. The van der Waals surface area contributed by atoms with Gasteiger partial charge >= 0.3 is 5.97 Å². The fraction of sp³-hybridized carbons (Fsp3) is 0.111. The van der Waals surface area contributed by atoms with Gasteiger partial charge in [-0.3, -0.25) is 4.79 Å². The van der Waals surface area contributed by atoms with E-state index < -0.39 is 5.97 Å². The van der Waals surface area contributed by atoms with E-state index in [4.69, 9.17) is 0 Å². The zero-order valence-electron chi connectivity index (χ0n) is 6.95. The van der Waals surface area contributed by atoms with Gasteiger partial charge in [-0.2, -0.15) is 0 Å². The molecule has 1 fully saturated rings. The number of carbonyl (C=O) groups is 2. The molecule has 2 rings (SSSR count). The van der Waals surface area contributed by atoms with E-state index in [2.05, 4.69) is 20.7 Å². The summed E-state index contributed by atoms with van der Waals surface area (Å²) >= 11 is 4.76. The SMILES string of the molecule is O=C1COC(=O)/C1=C/c1ccc(Br)s1. The zero-order valence-corrected chi connectivity index (χ0v) is 9.35. The number of hydrogen-bond donors (Lipinski definition) is 0. The molecule has 0 amide bonds. The highest BCUT2D eigenvalue weighted by Gasteiger charge is 2.27. The second-order valence-electron chi connectivity index (χ2n) is 2.70. The predicted octanol–water partition coefficient (Wildman–Crippen LogP) is 2.02. The molecule has 0 radical (unpaired) electrons. The molecule has 1 aliphatic heterocycles. The first-order chi connectivity index (χ1) is 6.66. The summed E-state index contributed by atoms with van der Waals surface area (Å²) in [5, 5.41) is 0. The van der Waals surface area contributed by atoms with Gasteiger partial charge in [-0.05, 0) is 34.1 Å². The third-order valence-electron chi connectivity index (χ3n) is 1.74. The average Bonchev–Trinajstić information content (AvgIpc) is 2.67. The van der Waals surface area contributed by atoms with Gasteiger partial charge in [0.2, 0.25) is 5.78 Å². The largest absolute Gasteiger partial charge is 0.454 e. The molecule has 0 aliphatic carbocycles. The molecule has 1 saturated heterocycles. The maximum Gasteiger partial charge on any atom is 0.342 e. The van der Waals surface area contributed by atoms with Gasteiger partial charge in [0.1, 0.15) is 5.57 Å². The maximum atomic E-state index is 11.2. The summed E-state index contributed by atoms with van der Waals surface area (Å²) in [6.07, 6.45) is 1.56. The molecular weight excluding hydrogens is 268 g/mol. The van der Waals surface area contributed by atoms with Crippen molar-refractivity contribution in [1.29, 1.82) is 0 Å². The lowest BCUT2D eigenvalue weighted by Gasteiger charge is -1.87. The van der Waals surface area contributed by atoms with Crippen LogP contribution in [0.25, 0.3) is 6.08 Å². The van der Waals surface area contributed by atoms with Crippen molar-refractivity contribution in [1.82, 2.24) is 0 Å². The van der Waals surface area contributed by atoms with Gasteiger partial charge in [-0.1, -0.05) is 0 Å². The van der Waals surface area contributed by atoms with Crippen molar-refractivity contribution in [2.24, 2.45) is 0 Å². The van der Waals surface area contributed by atoms with Crippen LogP contribution in [-0.4, -0.2) is 18.4 Å². The van der Waals surface area contributed by atoms with Crippen LogP contribution in [-0.2, 0) is 14.3 Å². The van der Waals surface area contributed by atoms with E-state index in [0.29, 0.717) is 0 Å². The Morgan fingerprint density at radius 1 is 1.43 bits per heavy atom. The fourth-order valence-corrected chi connectivity index (χ4v) is 2.45. The van der Waals surface area contributed by atoms with E-state index in [0.717, 1.165) is 8.66 Å². The minimum absolute atomic E-state index is 0.128. The molecular formula is C9H5BrO3S. The third-order valence-corrected chi connectivity index (χ3v) is 3.31. The second kappa shape index (κ2) is 3.67. The number of thiophene rings is 1. The lowest BCUT2D eigenvalue weighted by Crippen LogP contribution is -1.99. The highest BCUT2D eigenvalue weighted by molar-refractivity contribution is 9.11. The van der Waals surface area contributed by atoms with Crippen LogP contribution in [0.15, 0.2) is 21.5 Å². The average molecular weight is 273 g/mol. The van der Waals surface area contributed by atoms with Crippen LogP contribution in [0.1, 0.15) is 4.88 Å². The van der Waals surface area contributed by atoms with Gasteiger partial charge in [0.25, 0.3) is 0 Å². The van der Waals surface area contributed by atoms with Crippen molar-refractivity contribution in [2.75, 3.05) is 6.61 Å². The molecule has 0 atom stereocenters. The molecule has 72 valence electrons. The number of hydrogen-bond acceptors (Lipinski definition) is 4. The molecule has 5 heteroatoms. The third kappa shape index (κ3) is 1.78. The van der Waals surface area contributed by atoms with Crippen molar-refractivity contribution >= 4 is 45.1 Å². The molecule has 0 spiro atoms. The Hall–Kier alpha value is -0.940. The van der Waals surface area contributed by atoms with E-state index in [1.54, 1.807) is 6.08 Å². The highest BCUT2D eigenvalue weighted by Crippen LogP contribution is 2.25. The lowest BCUT2D eigenvalue weighted by atomic mass is 10.2. The number of ketones is 1. The zero-order chi connectivity index (χ0) is 10.1. The van der Waals surface area contributed by atoms with Crippen molar-refractivity contribution < 1.29 is 14.3 Å². The van der Waals surface area contributed by atoms with Crippen molar-refractivity contribution in [2.45, 2.75) is 0 Å². The molecule has 0 aromatic carbocycles. The van der Waals surface area contributed by atoms with Gasteiger partial charge in [0.05, 0.1) is 3.79 Å². The van der Waals surface area contributed by atoms with E-state index >= 15 is 0 Å². The monoisotopic (exact) mass is 272 g/mol. The number of Topliss-reactive ketones (excluding diaryl/α,β-unsaturated/α-hetero) is 1. The van der Waals surface area contributed by atoms with Crippen LogP contribution in [0.5, 0.6) is 0 Å². The number of ether oxygens (including phenoxy) is 1. The summed E-state index contributed by atoms with van der Waals surface area (Å²) in [5.41, 5.74) is 0.138. The molecule has 0 unspecified atom stereocenters. The van der Waals surface area contributed by atoms with E-state index in [1.807, 2.05) is 12.1 Å². The van der Waals surface area contributed by atoms with Crippen LogP contribution >= 0.6 is 27.3 Å². The Balaban J connectivity index is 2.34. The Labute approximate surface area is 92.5 Å². The first-order valence-corrected chi connectivity index (χ1v) is 5.45. The Morgan fingerprint density at radius 3 is 2.71 bits per heavy atom. The Morgan fingerprint density at radius 2 is 2.21 bits per heavy atom. The van der Waals surface area contributed by atoms with E-state index in [1.165, 1.54) is 11.3 Å². The van der Waals surface area contributed by atoms with Crippen LogP contribution in [0, 0.1) is 0 Å². The summed E-state index contributed by atoms with van der Waals surface area (Å²) < 4.78 is 5.55. The van der Waals surface area contributed by atoms with Crippen molar-refractivity contribution in [3.8, 4) is 0 Å². The topological polar surface area (TPSA) is 43.4 Å². The normalized spacial score (nSPS) is 19.1. The number of carbonyl (C=O) groups excluding carboxylic acids is 2. The van der Waals surface area contributed by atoms with Crippen LogP contribution in [0.2, 0.25) is 0 Å². The second-order valence-corrected chi connectivity index (χ2v) is 5.19. The Bertz CT molecular complexity index is 415. The summed E-state index contributed by atoms with van der Waals surface area (Å²) in [7, 11) is 0. The quantitative estimate of drug-likeness (QED) is 0.446. The van der Waals surface area contributed by atoms with Crippen molar-refractivity contribution in [3.63, 3.8) is 0 Å². The molecule has 1 aliphatic rings. The predicted molar refractivity (Wildman–Crippen MR) is 56.0 cm³/mol. The van der Waals surface area contributed by atoms with Gasteiger partial charge in [0.15, 0.2) is 6.61 Å². The number of halogens is 1. The number of esters is 1. The van der Waals surface area contributed by atoms with Crippen molar-refractivity contribution in [3.05, 3.63) is 26.4 Å². The molecule has 0 N–H and O–H groups in total. The van der Waals surface area contributed by atoms with Gasteiger partial charge in [-0.25, -0.2) is 4.79 Å². The molecule has 1 aromatic heterocycles. The maximum absolute atomic E-state index is 11.2. The minimum Gasteiger partial charge on any atom is -0.454 e. The van der Waals surface area contributed by atoms with Gasteiger partial charge in [-0.15, -0.1) is 11.3 Å². The molecule has 0 saturated carbocycles. The van der Waals surface area contributed by atoms with E-state index in [-0.39, 0.29) is 18.0 Å². The summed E-state index contributed by atoms with van der Waals surface area (Å²) in [6, 6.07) is 3.70. The number of rotatable bonds is 1. The van der Waals surface area contributed by atoms with Crippen LogP contribution in [0.3, 0.4) is 0 Å². The molecule has 3 nitrogen and oxygen atoms in total. The molecule has 0 bridgehead atoms. The minimum atomic E-state index is -0.528. The number of cyclic esters (lactones) is 1. The first kappa shape index (κ1) is 9.61. The lowest BCUT2D eigenvalue weighted by molar-refractivity contribution is -0.135. The van der Waals surface area contributed by atoms with Crippen LogP contribution in [0.4, 0.5) is 0 Å². The smallest absolute Gasteiger partial charge is 0.342 e. The van der Waals surface area contributed by atoms with E-state index in [9.17, 15) is 9.59 Å². The summed E-state index contributed by atoms with van der Waals surface area (Å²) in [5.74, 6) is -0.779. The highest BCUT2D eigenvalue weighted by atomic mass is 79.9. The Kier molecular flexibility index (Phi) is 2.52. The van der Waals surface area contributed by atoms with Crippen LogP contribution < -0.4 is 0 Å². The fourth-order valence-electron chi connectivity index (χ4n) is 1.09. The summed E-state index contributed by atoms with van der Waals surface area (Å²) in [4.78, 5) is 23.1. The molecule has 2 heterocycles. The summed E-state index contributed by atoms with van der Waals surface area (Å²) in [6.45, 7) is -0.128. The first-order valence-electron chi connectivity index (χ1n) is 3.84. The van der Waals surface area contributed by atoms with Gasteiger partial charge in [0, 0.05) is 4.88 Å². The molecule has 1 aromatic rings. The standard InChI is InChI=1S/C9H5BrO3S/c10-8-2-1-5(14-8)3-6-7(11)4-13-9(6)12/h1-3H,4H2/b6-3+. The van der Waals surface area contributed by atoms with Gasteiger partial charge < -0.3 is 4.74 Å².